The van der Waals surface area contributed by atoms with Gasteiger partial charge in [0.1, 0.15) is 5.76 Å². The summed E-state index contributed by atoms with van der Waals surface area (Å²) in [6, 6.07) is 1.61. The summed E-state index contributed by atoms with van der Waals surface area (Å²) in [6.07, 6.45) is 0. The molecule has 0 saturated carbocycles. The van der Waals surface area contributed by atoms with Crippen LogP contribution in [0.5, 0.6) is 0 Å². The maximum absolute atomic E-state index is 11.7. The molecule has 0 bridgehead atoms. The van der Waals surface area contributed by atoms with Gasteiger partial charge in [0.25, 0.3) is 5.91 Å². The smallest absolute Gasteiger partial charge is 0.276 e. The highest BCUT2D eigenvalue weighted by Crippen LogP contribution is 2.06. The number of carbonyl (C=O) groups is 1. The monoisotopic (exact) mass is 197 g/mol. The molecule has 0 fully saturated rings. The van der Waals surface area contributed by atoms with E-state index in [1.165, 1.54) is 0 Å². The van der Waals surface area contributed by atoms with Gasteiger partial charge in [-0.2, -0.15) is 0 Å². The van der Waals surface area contributed by atoms with Crippen molar-refractivity contribution in [2.24, 2.45) is 5.73 Å². The summed E-state index contributed by atoms with van der Waals surface area (Å²) in [5.74, 6) is 0.460. The lowest BCUT2D eigenvalue weighted by Crippen LogP contribution is -2.39. The average Bonchev–Trinajstić information content (AvgIpc) is 2.61. The van der Waals surface area contributed by atoms with Crippen molar-refractivity contribution >= 4 is 5.91 Å². The van der Waals surface area contributed by atoms with E-state index in [-0.39, 0.29) is 11.9 Å². The molecule has 0 saturated heterocycles. The molecule has 0 aliphatic carbocycles. The fourth-order valence-electron chi connectivity index (χ4n) is 1.01. The Balaban J connectivity index is 2.75. The molecule has 1 aromatic rings. The van der Waals surface area contributed by atoms with Gasteiger partial charge in [0.2, 0.25) is 0 Å². The third-order valence-electron chi connectivity index (χ3n) is 2.17. The third-order valence-corrected chi connectivity index (χ3v) is 2.17. The van der Waals surface area contributed by atoms with E-state index in [0.29, 0.717) is 18.0 Å². The van der Waals surface area contributed by atoms with Gasteiger partial charge in [0.15, 0.2) is 5.69 Å². The summed E-state index contributed by atoms with van der Waals surface area (Å²) in [5, 5.41) is 3.65. The molecule has 1 aromatic heterocycles. The van der Waals surface area contributed by atoms with Crippen LogP contribution in [0.2, 0.25) is 0 Å². The van der Waals surface area contributed by atoms with Crippen LogP contribution in [0.15, 0.2) is 10.6 Å². The van der Waals surface area contributed by atoms with Gasteiger partial charge in [-0.3, -0.25) is 4.79 Å². The minimum Gasteiger partial charge on any atom is -0.361 e. The molecule has 5 heteroatoms. The molecule has 0 aromatic carbocycles. The summed E-state index contributed by atoms with van der Waals surface area (Å²) in [5.41, 5.74) is 5.78. The molecule has 78 valence electrons. The van der Waals surface area contributed by atoms with E-state index in [1.807, 2.05) is 6.92 Å². The number of hydrogen-bond acceptors (Lipinski definition) is 4. The maximum Gasteiger partial charge on any atom is 0.276 e. The Morgan fingerprint density at radius 3 is 2.86 bits per heavy atom. The van der Waals surface area contributed by atoms with E-state index < -0.39 is 0 Å². The van der Waals surface area contributed by atoms with Crippen LogP contribution in [0.25, 0.3) is 0 Å². The van der Waals surface area contributed by atoms with E-state index in [1.54, 1.807) is 24.9 Å². The van der Waals surface area contributed by atoms with Crippen LogP contribution in [0.1, 0.15) is 23.2 Å². The van der Waals surface area contributed by atoms with Crippen molar-refractivity contribution in [2.75, 3.05) is 13.6 Å². The van der Waals surface area contributed by atoms with Crippen molar-refractivity contribution in [3.05, 3.63) is 17.5 Å². The summed E-state index contributed by atoms with van der Waals surface area (Å²) in [7, 11) is 1.70. The number of nitrogens with two attached hydrogens (primary N) is 1. The molecular weight excluding hydrogens is 182 g/mol. The van der Waals surface area contributed by atoms with E-state index >= 15 is 0 Å². The standard InChI is InChI=1S/C9H15N3O2/c1-6(5-10)12(3)9(13)8-4-7(2)14-11-8/h4,6H,5,10H2,1-3H3. The highest BCUT2D eigenvalue weighted by Gasteiger charge is 2.19. The Morgan fingerprint density at radius 2 is 2.43 bits per heavy atom. The Bertz CT molecular complexity index is 322. The highest BCUT2D eigenvalue weighted by atomic mass is 16.5. The number of aryl methyl sites for hydroxylation is 1. The van der Waals surface area contributed by atoms with Crippen LogP contribution in [-0.2, 0) is 0 Å². The third kappa shape index (κ3) is 2.11. The average molecular weight is 197 g/mol. The lowest BCUT2D eigenvalue weighted by molar-refractivity contribution is 0.0738. The Morgan fingerprint density at radius 1 is 1.79 bits per heavy atom. The second-order valence-electron chi connectivity index (χ2n) is 3.32. The molecule has 1 unspecified atom stereocenters. The van der Waals surface area contributed by atoms with Gasteiger partial charge in [-0.15, -0.1) is 0 Å². The van der Waals surface area contributed by atoms with Gasteiger partial charge < -0.3 is 15.2 Å². The predicted octanol–water partition coefficient (Wildman–Crippen LogP) is 0.402. The van der Waals surface area contributed by atoms with Gasteiger partial charge >= 0.3 is 0 Å². The van der Waals surface area contributed by atoms with Crippen molar-refractivity contribution in [3.8, 4) is 0 Å². The van der Waals surface area contributed by atoms with Crippen LogP contribution >= 0.6 is 0 Å². The van der Waals surface area contributed by atoms with Gasteiger partial charge in [0, 0.05) is 25.7 Å². The lowest BCUT2D eigenvalue weighted by atomic mass is 10.2. The molecule has 0 aliphatic rings. The summed E-state index contributed by atoms with van der Waals surface area (Å²) in [4.78, 5) is 13.3. The van der Waals surface area contributed by atoms with Crippen LogP contribution in [0.3, 0.4) is 0 Å². The quantitative estimate of drug-likeness (QED) is 0.761. The number of nitrogens with zero attached hydrogens (tertiary/aromatic N) is 2. The van der Waals surface area contributed by atoms with E-state index in [2.05, 4.69) is 5.16 Å². The number of carbonyl (C=O) groups excluding carboxylic acids is 1. The minimum absolute atomic E-state index is 0.000457. The topological polar surface area (TPSA) is 72.4 Å². The zero-order valence-electron chi connectivity index (χ0n) is 8.65. The molecule has 1 amide bonds. The summed E-state index contributed by atoms with van der Waals surface area (Å²) in [6.45, 7) is 4.06. The molecule has 0 spiro atoms. The molecule has 0 aliphatic heterocycles. The number of likely N-dealkylation sites (N-methyl/N-ethyl adjacent to an activating group) is 1. The highest BCUT2D eigenvalue weighted by molar-refractivity contribution is 5.92. The Kier molecular flexibility index (Phi) is 3.24. The van der Waals surface area contributed by atoms with E-state index in [0.717, 1.165) is 0 Å². The van der Waals surface area contributed by atoms with Crippen LogP contribution in [-0.4, -0.2) is 35.6 Å². The number of hydrogen-bond donors (Lipinski definition) is 1. The first kappa shape index (κ1) is 10.7. The normalized spacial score (nSPS) is 12.6. The van der Waals surface area contributed by atoms with Crippen LogP contribution < -0.4 is 5.73 Å². The van der Waals surface area contributed by atoms with Gasteiger partial charge in [-0.05, 0) is 13.8 Å². The molecular formula is C9H15N3O2. The minimum atomic E-state index is -0.167. The van der Waals surface area contributed by atoms with Crippen molar-refractivity contribution in [1.82, 2.24) is 10.1 Å². The fraction of sp³-hybridized carbons (Fsp3) is 0.556. The van der Waals surface area contributed by atoms with Crippen molar-refractivity contribution in [1.29, 1.82) is 0 Å². The van der Waals surface area contributed by atoms with E-state index in [9.17, 15) is 4.79 Å². The van der Waals surface area contributed by atoms with Gasteiger partial charge in [-0.1, -0.05) is 5.16 Å². The SMILES string of the molecule is Cc1cc(C(=O)N(C)C(C)CN)no1. The Labute approximate surface area is 82.8 Å². The molecule has 2 N–H and O–H groups in total. The molecule has 14 heavy (non-hydrogen) atoms. The second-order valence-corrected chi connectivity index (χ2v) is 3.32. The lowest BCUT2D eigenvalue weighted by Gasteiger charge is -2.22. The molecule has 5 nitrogen and oxygen atoms in total. The number of aromatic nitrogens is 1. The maximum atomic E-state index is 11.7. The molecule has 1 rings (SSSR count). The predicted molar refractivity (Wildman–Crippen MR) is 51.8 cm³/mol. The summed E-state index contributed by atoms with van der Waals surface area (Å²) < 4.78 is 4.82. The van der Waals surface area contributed by atoms with Gasteiger partial charge in [0.05, 0.1) is 0 Å². The molecule has 1 atom stereocenters. The zero-order chi connectivity index (χ0) is 10.7. The van der Waals surface area contributed by atoms with Gasteiger partial charge in [-0.25, -0.2) is 0 Å². The van der Waals surface area contributed by atoms with Crippen LogP contribution in [0, 0.1) is 6.92 Å². The fourth-order valence-corrected chi connectivity index (χ4v) is 1.01. The number of amides is 1. The molecule has 0 radical (unpaired) electrons. The summed E-state index contributed by atoms with van der Waals surface area (Å²) >= 11 is 0. The van der Waals surface area contributed by atoms with Crippen LogP contribution in [0.4, 0.5) is 0 Å². The first-order valence-corrected chi connectivity index (χ1v) is 4.46. The van der Waals surface area contributed by atoms with Crippen molar-refractivity contribution in [3.63, 3.8) is 0 Å². The Hall–Kier alpha value is -1.36. The van der Waals surface area contributed by atoms with Crippen molar-refractivity contribution < 1.29 is 9.32 Å². The van der Waals surface area contributed by atoms with Crippen molar-refractivity contribution in [2.45, 2.75) is 19.9 Å². The number of rotatable bonds is 3. The molecule has 1 heterocycles. The second kappa shape index (κ2) is 4.23. The largest absolute Gasteiger partial charge is 0.361 e. The first-order chi connectivity index (χ1) is 6.56. The first-order valence-electron chi connectivity index (χ1n) is 4.46. The zero-order valence-corrected chi connectivity index (χ0v) is 8.65. The van der Waals surface area contributed by atoms with E-state index in [4.69, 9.17) is 10.3 Å².